The van der Waals surface area contributed by atoms with Crippen molar-refractivity contribution in [3.05, 3.63) is 137 Å². The lowest BCUT2D eigenvalue weighted by molar-refractivity contribution is -0.216. The predicted molar refractivity (Wildman–Crippen MR) is 258 cm³/mol. The minimum absolute atomic E-state index is 0.162. The minimum Gasteiger partial charge on any atom is -0.456 e. The summed E-state index contributed by atoms with van der Waals surface area (Å²) in [5.74, 6) is -0.703. The third-order valence-electron chi connectivity index (χ3n) is 11.2. The molecule has 3 aromatic carbocycles. The maximum absolute atomic E-state index is 13.5. The Balaban J connectivity index is 0.816. The van der Waals surface area contributed by atoms with Gasteiger partial charge in [-0.1, -0.05) is 37.4 Å². The van der Waals surface area contributed by atoms with Crippen molar-refractivity contribution in [2.45, 2.75) is 20.4 Å². The molecule has 4 heterocycles. The van der Waals surface area contributed by atoms with Crippen molar-refractivity contribution in [1.29, 1.82) is 0 Å². The summed E-state index contributed by atoms with van der Waals surface area (Å²) in [6, 6.07) is 28.2. The molecule has 0 unspecified atom stereocenters. The van der Waals surface area contributed by atoms with Gasteiger partial charge in [0.2, 0.25) is 5.36 Å². The molecule has 344 valence electrons. The first-order valence-corrected chi connectivity index (χ1v) is 23.9. The van der Waals surface area contributed by atoms with Gasteiger partial charge in [0.05, 0.1) is 63.5 Å². The number of rotatable bonds is 17. The first-order valence-electron chi connectivity index (χ1n) is 21.7. The molecule has 0 spiro atoms. The molecule has 1 aliphatic carbocycles. The molecule has 8 rings (SSSR count). The SMILES string of the molecule is COOC(=O)c1cc(C(=O)NCCOCCOCCn2cc(-c3ccc(NC(=O)c4ccn5c(C)cc(C)nc45)cc3)nn2)ccc1-c1c2ccc(=[N+](C)C)cc-2oc2cc(P(C)C)ccc12. The number of nitrogens with one attached hydrogen (secondary N) is 2. The summed E-state index contributed by atoms with van der Waals surface area (Å²) in [7, 11) is 4.80. The molecule has 0 radical (unpaired) electrons. The molecule has 1 aliphatic heterocycles. The molecule has 0 fully saturated rings. The fourth-order valence-corrected chi connectivity index (χ4v) is 8.51. The Labute approximate surface area is 388 Å². The number of ether oxygens (including phenoxy) is 2. The Bertz CT molecular complexity index is 3150. The van der Waals surface area contributed by atoms with Crippen molar-refractivity contribution >= 4 is 53.3 Å². The molecule has 16 nitrogen and oxygen atoms in total. The standard InChI is InChI=1S/C50H51N8O8P/c1-31-26-32(2)58-20-18-41(47(58)52-31)49(60)53-35-11-8-33(9-12-35)43-30-57(55-54-43)21-23-64-25-24-63-22-19-51-48(59)34-10-15-38(42(27-34)50(61)66-62-5)46-39-16-13-36(56(3)4)28-44(39)65-45-29-37(67(6)7)14-17-40(45)46/h8-18,20,26-30H,19,21-25H2,1-7H3,(H-,51,53,59,60)/p+1. The monoisotopic (exact) mass is 923 g/mol. The molecule has 2 amide bonds. The van der Waals surface area contributed by atoms with Crippen LogP contribution in [-0.4, -0.2) is 110 Å². The highest BCUT2D eigenvalue weighted by atomic mass is 31.1. The summed E-state index contributed by atoms with van der Waals surface area (Å²) in [4.78, 5) is 54.3. The molecule has 0 bridgehead atoms. The highest BCUT2D eigenvalue weighted by molar-refractivity contribution is 7.64. The second kappa shape index (κ2) is 20.6. The average Bonchev–Trinajstić information content (AvgIpc) is 3.98. The Hall–Kier alpha value is -7.10. The third kappa shape index (κ3) is 10.5. The lowest BCUT2D eigenvalue weighted by Crippen LogP contribution is -2.28. The molecule has 0 saturated heterocycles. The Morgan fingerprint density at radius 1 is 0.821 bits per heavy atom. The topological polar surface area (TPSA) is 176 Å². The number of anilines is 1. The Morgan fingerprint density at radius 3 is 2.36 bits per heavy atom. The van der Waals surface area contributed by atoms with Gasteiger partial charge in [0, 0.05) is 63.5 Å². The van der Waals surface area contributed by atoms with Crippen LogP contribution in [0.1, 0.15) is 42.5 Å². The number of amides is 2. The van der Waals surface area contributed by atoms with E-state index in [4.69, 9.17) is 23.7 Å². The summed E-state index contributed by atoms with van der Waals surface area (Å²) in [5.41, 5.74) is 8.43. The van der Waals surface area contributed by atoms with Gasteiger partial charge in [-0.25, -0.2) is 19.0 Å². The van der Waals surface area contributed by atoms with Crippen molar-refractivity contribution in [2.75, 3.05) is 72.8 Å². The number of nitrogens with zero attached hydrogens (tertiary/aromatic N) is 6. The lowest BCUT2D eigenvalue weighted by Gasteiger charge is -2.18. The maximum Gasteiger partial charge on any atom is 0.373 e. The van der Waals surface area contributed by atoms with Gasteiger partial charge in [0.25, 0.3) is 11.8 Å². The highest BCUT2D eigenvalue weighted by Crippen LogP contribution is 2.42. The molecule has 67 heavy (non-hydrogen) atoms. The summed E-state index contributed by atoms with van der Waals surface area (Å²) >= 11 is 0. The van der Waals surface area contributed by atoms with Crippen LogP contribution >= 0.6 is 7.92 Å². The van der Waals surface area contributed by atoms with Crippen molar-refractivity contribution in [2.24, 2.45) is 0 Å². The van der Waals surface area contributed by atoms with Crippen LogP contribution in [0.5, 0.6) is 0 Å². The van der Waals surface area contributed by atoms with Gasteiger partial charge in [-0.05, 0) is 92.6 Å². The van der Waals surface area contributed by atoms with E-state index in [9.17, 15) is 14.4 Å². The molecule has 17 heteroatoms. The number of benzene rings is 4. The fourth-order valence-electron chi connectivity index (χ4n) is 7.76. The second-order valence-corrected chi connectivity index (χ2v) is 18.6. The van der Waals surface area contributed by atoms with Gasteiger partial charge in [-0.3, -0.25) is 14.5 Å². The van der Waals surface area contributed by atoms with Crippen molar-refractivity contribution < 1.29 is 38.0 Å². The van der Waals surface area contributed by atoms with E-state index >= 15 is 0 Å². The van der Waals surface area contributed by atoms with Crippen LogP contribution in [0.3, 0.4) is 0 Å². The second-order valence-electron chi connectivity index (χ2n) is 16.3. The van der Waals surface area contributed by atoms with Crippen LogP contribution in [0, 0.1) is 13.8 Å². The fraction of sp³-hybridized carbons (Fsp3) is 0.260. The highest BCUT2D eigenvalue weighted by Gasteiger charge is 2.25. The van der Waals surface area contributed by atoms with Gasteiger partial charge in [0.15, 0.2) is 0 Å². The summed E-state index contributed by atoms with van der Waals surface area (Å²) in [6.07, 6.45) is 3.68. The van der Waals surface area contributed by atoms with Crippen molar-refractivity contribution in [3.63, 3.8) is 0 Å². The largest absolute Gasteiger partial charge is 0.456 e. The number of hydrogen-bond donors (Lipinski definition) is 2. The lowest BCUT2D eigenvalue weighted by atomic mass is 9.90. The van der Waals surface area contributed by atoms with E-state index in [1.807, 2.05) is 104 Å². The molecule has 0 atom stereocenters. The first-order chi connectivity index (χ1) is 32.4. The van der Waals surface area contributed by atoms with Gasteiger partial charge < -0.3 is 28.9 Å². The summed E-state index contributed by atoms with van der Waals surface area (Å²) < 4.78 is 23.6. The van der Waals surface area contributed by atoms with Crippen molar-refractivity contribution in [1.82, 2.24) is 34.3 Å². The van der Waals surface area contributed by atoms with Gasteiger partial charge >= 0.3 is 5.97 Å². The molecule has 3 aromatic heterocycles. The number of carbonyl (C=O) groups excluding carboxylic acids is 3. The number of fused-ring (bicyclic) bond motifs is 3. The van der Waals surface area contributed by atoms with Crippen LogP contribution in [0.4, 0.5) is 5.69 Å². The zero-order valence-electron chi connectivity index (χ0n) is 38.5. The zero-order chi connectivity index (χ0) is 47.2. The van der Waals surface area contributed by atoms with Crippen LogP contribution in [0.15, 0.2) is 108 Å². The van der Waals surface area contributed by atoms with Crippen LogP contribution < -0.4 is 25.9 Å². The van der Waals surface area contributed by atoms with Gasteiger partial charge in [-0.15, -0.1) is 5.10 Å². The first kappa shape index (κ1) is 46.4. The summed E-state index contributed by atoms with van der Waals surface area (Å²) in [6.45, 7) is 10.3. The molecular weight excluding hydrogens is 872 g/mol. The van der Waals surface area contributed by atoms with E-state index in [0.29, 0.717) is 65.9 Å². The van der Waals surface area contributed by atoms with Crippen LogP contribution in [-0.2, 0) is 25.8 Å². The Kier molecular flexibility index (Phi) is 14.3. The minimum atomic E-state index is -0.742. The van der Waals surface area contributed by atoms with E-state index < -0.39 is 13.9 Å². The van der Waals surface area contributed by atoms with Gasteiger partial charge in [-0.2, -0.15) is 4.89 Å². The zero-order valence-corrected chi connectivity index (χ0v) is 39.3. The number of hydrogen-bond acceptors (Lipinski definition) is 11. The quantitative estimate of drug-likeness (QED) is 0.0253. The number of aromatic nitrogens is 5. The molecular formula is C50H52N8O8P+. The molecule has 6 aromatic rings. The van der Waals surface area contributed by atoms with E-state index in [1.54, 1.807) is 22.9 Å². The van der Waals surface area contributed by atoms with E-state index in [0.717, 1.165) is 38.8 Å². The van der Waals surface area contributed by atoms with E-state index in [2.05, 4.69) is 51.4 Å². The van der Waals surface area contributed by atoms with Crippen molar-refractivity contribution in [3.8, 4) is 33.7 Å². The van der Waals surface area contributed by atoms with E-state index in [1.165, 1.54) is 18.5 Å². The normalized spacial score (nSPS) is 11.5. The average molecular weight is 924 g/mol. The Morgan fingerprint density at radius 2 is 1.60 bits per heavy atom. The summed E-state index contributed by atoms with van der Waals surface area (Å²) in [5, 5.41) is 17.3. The smallest absolute Gasteiger partial charge is 0.373 e. The van der Waals surface area contributed by atoms with Crippen LogP contribution in [0.2, 0.25) is 0 Å². The number of carbonyl (C=O) groups is 3. The molecule has 0 saturated carbocycles. The molecule has 2 aliphatic rings. The molecule has 2 N–H and O–H groups in total. The maximum atomic E-state index is 13.5. The van der Waals surface area contributed by atoms with Crippen LogP contribution in [0.25, 0.3) is 50.3 Å². The van der Waals surface area contributed by atoms with Gasteiger partial charge in [0.1, 0.15) is 36.8 Å². The predicted octanol–water partition coefficient (Wildman–Crippen LogP) is 6.56. The third-order valence-corrected chi connectivity index (χ3v) is 12.5. The van der Waals surface area contributed by atoms with E-state index in [-0.39, 0.29) is 36.1 Å². The number of aryl methyl sites for hydroxylation is 2.